The number of hydrogen-bond donors (Lipinski definition) is 1. The van der Waals surface area contributed by atoms with Gasteiger partial charge in [-0.15, -0.1) is 19.7 Å². The molecule has 0 amide bonds. The Morgan fingerprint density at radius 1 is 1.23 bits per heavy atom. The van der Waals surface area contributed by atoms with Gasteiger partial charge in [0.05, 0.1) is 31.9 Å². The van der Waals surface area contributed by atoms with Gasteiger partial charge in [-0.05, 0) is 61.1 Å². The Kier molecular flexibility index (Phi) is 8.41. The van der Waals surface area contributed by atoms with Crippen LogP contribution >= 0.6 is 0 Å². The minimum absolute atomic E-state index is 0.178. The molecule has 2 aromatic rings. The molecule has 31 heavy (non-hydrogen) atoms. The van der Waals surface area contributed by atoms with Crippen molar-refractivity contribution in [1.29, 1.82) is 0 Å². The molecule has 1 aromatic heterocycles. The highest BCUT2D eigenvalue weighted by Crippen LogP contribution is 2.42. The van der Waals surface area contributed by atoms with Crippen LogP contribution in [0.5, 0.6) is 5.75 Å². The van der Waals surface area contributed by atoms with E-state index in [1.165, 1.54) is 6.42 Å². The van der Waals surface area contributed by atoms with Crippen molar-refractivity contribution in [2.45, 2.75) is 25.0 Å². The van der Waals surface area contributed by atoms with Crippen LogP contribution in [0.1, 0.15) is 24.5 Å². The Morgan fingerprint density at radius 3 is 2.61 bits per heavy atom. The van der Waals surface area contributed by atoms with Crippen LogP contribution in [0.15, 0.2) is 68.4 Å². The second-order valence-corrected chi connectivity index (χ2v) is 8.09. The third-order valence-corrected chi connectivity index (χ3v) is 6.29. The van der Waals surface area contributed by atoms with Crippen molar-refractivity contribution >= 4 is 10.9 Å². The zero-order chi connectivity index (χ0) is 22.2. The number of rotatable bonds is 8. The highest BCUT2D eigenvalue weighted by atomic mass is 16.5. The third-order valence-electron chi connectivity index (χ3n) is 6.29. The molecule has 166 valence electrons. The van der Waals surface area contributed by atoms with Gasteiger partial charge in [-0.3, -0.25) is 9.88 Å². The van der Waals surface area contributed by atoms with Gasteiger partial charge < -0.3 is 14.6 Å². The van der Waals surface area contributed by atoms with Crippen LogP contribution in [0.4, 0.5) is 0 Å². The molecule has 5 nitrogen and oxygen atoms in total. The summed E-state index contributed by atoms with van der Waals surface area (Å²) in [7, 11) is 1.66. The quantitative estimate of drug-likeness (QED) is 0.500. The molecule has 4 heterocycles. The Hall–Kier alpha value is -2.47. The Morgan fingerprint density at radius 2 is 2.00 bits per heavy atom. The van der Waals surface area contributed by atoms with Crippen LogP contribution in [0, 0.1) is 11.8 Å². The Balaban J connectivity index is 0.000000339. The van der Waals surface area contributed by atoms with Crippen LogP contribution in [-0.4, -0.2) is 54.4 Å². The maximum absolute atomic E-state index is 11.2. The van der Waals surface area contributed by atoms with Crippen LogP contribution in [-0.2, 0) is 4.74 Å². The number of ether oxygens (including phenoxy) is 2. The molecule has 0 spiro atoms. The normalized spacial score (nSPS) is 25.2. The van der Waals surface area contributed by atoms with Gasteiger partial charge >= 0.3 is 0 Å². The fourth-order valence-electron chi connectivity index (χ4n) is 4.68. The van der Waals surface area contributed by atoms with Gasteiger partial charge in [0.15, 0.2) is 0 Å². The van der Waals surface area contributed by atoms with Gasteiger partial charge in [0.2, 0.25) is 0 Å². The summed E-state index contributed by atoms with van der Waals surface area (Å²) in [6, 6.07) is 7.96. The Labute approximate surface area is 185 Å². The SMILES string of the molecule is C=CCOCC=C.C=C[C@@H]1CN2CCC1C[C@H]2C(O)c1ccnc2ccc(OC)cc12. The number of pyridine rings is 1. The molecule has 2 bridgehead atoms. The van der Waals surface area contributed by atoms with Crippen LogP contribution in [0.3, 0.4) is 0 Å². The lowest BCUT2D eigenvalue weighted by atomic mass is 9.73. The smallest absolute Gasteiger partial charge is 0.119 e. The lowest BCUT2D eigenvalue weighted by molar-refractivity contribution is -0.0444. The van der Waals surface area contributed by atoms with Crippen molar-refractivity contribution < 1.29 is 14.6 Å². The number of aromatic nitrogens is 1. The average Bonchev–Trinajstić information content (AvgIpc) is 2.83. The average molecular weight is 423 g/mol. The maximum Gasteiger partial charge on any atom is 0.119 e. The van der Waals surface area contributed by atoms with E-state index >= 15 is 0 Å². The minimum atomic E-state index is -0.504. The van der Waals surface area contributed by atoms with Gasteiger partial charge in [-0.1, -0.05) is 18.2 Å². The standard InChI is InChI=1S/C20H24N2O2.C6H10O/c1-3-13-12-22-9-7-14(13)10-19(22)20(23)16-6-8-21-18-5-4-15(24-2)11-17(16)18;1-3-5-7-6-4-2/h3-6,8,11,13-14,19-20,23H,1,7,9-10,12H2,2H3;3-4H,1-2,5-6H2/t13-,14?,19+,20?;/m1./s1. The first kappa shape index (κ1) is 23.2. The summed E-state index contributed by atoms with van der Waals surface area (Å²) < 4.78 is 10.2. The first-order valence-corrected chi connectivity index (χ1v) is 10.9. The lowest BCUT2D eigenvalue weighted by Gasteiger charge is -2.50. The monoisotopic (exact) mass is 422 g/mol. The molecular weight excluding hydrogens is 388 g/mol. The zero-order valence-corrected chi connectivity index (χ0v) is 18.5. The molecule has 3 aliphatic rings. The van der Waals surface area contributed by atoms with E-state index in [0.29, 0.717) is 25.0 Å². The van der Waals surface area contributed by atoms with Crippen molar-refractivity contribution in [2.75, 3.05) is 33.4 Å². The first-order valence-electron chi connectivity index (χ1n) is 10.9. The van der Waals surface area contributed by atoms with Crippen molar-refractivity contribution in [3.8, 4) is 5.75 Å². The number of aliphatic hydroxyl groups excluding tert-OH is 1. The zero-order valence-electron chi connectivity index (χ0n) is 18.5. The molecule has 0 aliphatic carbocycles. The molecular formula is C26H34N2O3. The van der Waals surface area contributed by atoms with E-state index < -0.39 is 6.10 Å². The molecule has 5 atom stereocenters. The fourth-order valence-corrected chi connectivity index (χ4v) is 4.68. The summed E-state index contributed by atoms with van der Waals surface area (Å²) in [6.07, 6.45) is 9.04. The fraction of sp³-hybridized carbons (Fsp3) is 0.423. The molecule has 1 aromatic carbocycles. The number of methoxy groups -OCH3 is 1. The van der Waals surface area contributed by atoms with Crippen LogP contribution in [0.25, 0.3) is 10.9 Å². The number of benzene rings is 1. The largest absolute Gasteiger partial charge is 0.497 e. The van der Waals surface area contributed by atoms with E-state index in [2.05, 4.69) is 35.7 Å². The maximum atomic E-state index is 11.2. The summed E-state index contributed by atoms with van der Waals surface area (Å²) in [4.78, 5) is 6.86. The van der Waals surface area contributed by atoms with Crippen molar-refractivity contribution in [1.82, 2.24) is 9.88 Å². The third kappa shape index (κ3) is 5.42. The van der Waals surface area contributed by atoms with E-state index in [-0.39, 0.29) is 6.04 Å². The van der Waals surface area contributed by atoms with Gasteiger partial charge in [0, 0.05) is 24.2 Å². The molecule has 3 aliphatic heterocycles. The second-order valence-electron chi connectivity index (χ2n) is 8.09. The molecule has 5 heteroatoms. The van der Waals surface area contributed by atoms with E-state index in [0.717, 1.165) is 41.7 Å². The van der Waals surface area contributed by atoms with Crippen LogP contribution in [0.2, 0.25) is 0 Å². The highest BCUT2D eigenvalue weighted by molar-refractivity contribution is 5.83. The van der Waals surface area contributed by atoms with E-state index in [1.54, 1.807) is 25.5 Å². The number of piperidine rings is 3. The topological polar surface area (TPSA) is 54.8 Å². The molecule has 5 rings (SSSR count). The van der Waals surface area contributed by atoms with Crippen LogP contribution < -0.4 is 4.74 Å². The van der Waals surface area contributed by atoms with Gasteiger partial charge in [0.1, 0.15) is 5.75 Å². The highest BCUT2D eigenvalue weighted by Gasteiger charge is 2.42. The number of hydrogen-bond acceptors (Lipinski definition) is 5. The molecule has 3 saturated heterocycles. The van der Waals surface area contributed by atoms with Gasteiger partial charge in [0.25, 0.3) is 0 Å². The lowest BCUT2D eigenvalue weighted by Crippen LogP contribution is -2.54. The molecule has 3 unspecified atom stereocenters. The summed E-state index contributed by atoms with van der Waals surface area (Å²) >= 11 is 0. The van der Waals surface area contributed by atoms with Crippen molar-refractivity contribution in [2.24, 2.45) is 11.8 Å². The van der Waals surface area contributed by atoms with Crippen molar-refractivity contribution in [3.05, 3.63) is 74.0 Å². The Bertz CT molecular complexity index is 889. The molecule has 1 N–H and O–H groups in total. The number of nitrogens with zero attached hydrogens (tertiary/aromatic N) is 2. The van der Waals surface area contributed by atoms with Crippen molar-refractivity contribution in [3.63, 3.8) is 0 Å². The predicted molar refractivity (Wildman–Crippen MR) is 126 cm³/mol. The summed E-state index contributed by atoms with van der Waals surface area (Å²) in [6.45, 7) is 14.2. The molecule has 3 fully saturated rings. The second kappa shape index (κ2) is 11.2. The molecule has 0 saturated carbocycles. The van der Waals surface area contributed by atoms with E-state index in [1.807, 2.05) is 24.3 Å². The molecule has 0 radical (unpaired) electrons. The summed E-state index contributed by atoms with van der Waals surface area (Å²) in [5, 5.41) is 12.1. The van der Waals surface area contributed by atoms with Gasteiger partial charge in [-0.25, -0.2) is 0 Å². The predicted octanol–water partition coefficient (Wildman–Crippen LogP) is 4.55. The summed E-state index contributed by atoms with van der Waals surface area (Å²) in [5.74, 6) is 2.01. The van der Waals surface area contributed by atoms with Gasteiger partial charge in [-0.2, -0.15) is 0 Å². The summed E-state index contributed by atoms with van der Waals surface area (Å²) in [5.41, 5.74) is 1.85. The van der Waals surface area contributed by atoms with E-state index in [9.17, 15) is 5.11 Å². The van der Waals surface area contributed by atoms with E-state index in [4.69, 9.17) is 9.47 Å². The minimum Gasteiger partial charge on any atom is -0.497 e. The number of fused-ring (bicyclic) bond motifs is 4. The number of aliphatic hydroxyl groups is 1. The first-order chi connectivity index (χ1) is 15.1.